The predicted octanol–water partition coefficient (Wildman–Crippen LogP) is 3.98. The van der Waals surface area contributed by atoms with Crippen molar-refractivity contribution in [3.63, 3.8) is 0 Å². The van der Waals surface area contributed by atoms with Gasteiger partial charge in [0.2, 0.25) is 10.0 Å². The van der Waals surface area contributed by atoms with Crippen LogP contribution in [0.5, 0.6) is 0 Å². The molecule has 0 atom stereocenters. The first-order chi connectivity index (χ1) is 14.3. The van der Waals surface area contributed by atoms with E-state index in [9.17, 15) is 17.6 Å². The lowest BCUT2D eigenvalue weighted by atomic mass is 9.73. The molecule has 1 aliphatic rings. The van der Waals surface area contributed by atoms with Crippen LogP contribution in [0.2, 0.25) is 5.02 Å². The number of piperidine rings is 1. The van der Waals surface area contributed by atoms with Crippen LogP contribution in [0.15, 0.2) is 48.5 Å². The number of carbonyl (C=O) groups excluding carboxylic acids is 1. The van der Waals surface area contributed by atoms with E-state index in [0.29, 0.717) is 32.4 Å². The standard InChI is InChI=1S/C22H26ClFN2O3S/c1-2-15-30(28,29)26-13-11-22(12-14-26,17-7-4-3-5-8-17)16-25-21(27)20-18(23)9-6-10-19(20)24/h3-10H,2,11-16H2,1H3,(H,25,27). The fourth-order valence-corrected chi connectivity index (χ4v) is 5.75. The van der Waals surface area contributed by atoms with Crippen LogP contribution in [-0.4, -0.2) is 44.0 Å². The quantitative estimate of drug-likeness (QED) is 0.690. The molecule has 0 aliphatic carbocycles. The SMILES string of the molecule is CCCS(=O)(=O)N1CCC(CNC(=O)c2c(F)cccc2Cl)(c2ccccc2)CC1. The number of hydrogen-bond acceptors (Lipinski definition) is 3. The van der Waals surface area contributed by atoms with Gasteiger partial charge in [-0.05, 0) is 37.0 Å². The Morgan fingerprint density at radius 1 is 1.13 bits per heavy atom. The Hall–Kier alpha value is -1.96. The largest absolute Gasteiger partial charge is 0.351 e. The molecule has 0 bridgehead atoms. The highest BCUT2D eigenvalue weighted by Gasteiger charge is 2.39. The molecule has 1 amide bonds. The molecule has 1 fully saturated rings. The van der Waals surface area contributed by atoms with Crippen molar-refractivity contribution < 1.29 is 17.6 Å². The summed E-state index contributed by atoms with van der Waals surface area (Å²) >= 11 is 6.02. The fourth-order valence-electron chi connectivity index (χ4n) is 3.99. The van der Waals surface area contributed by atoms with E-state index in [2.05, 4.69) is 5.32 Å². The number of nitrogens with one attached hydrogen (secondary N) is 1. The van der Waals surface area contributed by atoms with Crippen LogP contribution in [0.25, 0.3) is 0 Å². The van der Waals surface area contributed by atoms with Crippen molar-refractivity contribution in [3.8, 4) is 0 Å². The van der Waals surface area contributed by atoms with Gasteiger partial charge in [0, 0.05) is 25.0 Å². The maximum Gasteiger partial charge on any atom is 0.255 e. The van der Waals surface area contributed by atoms with Gasteiger partial charge in [-0.1, -0.05) is 54.9 Å². The molecule has 1 N–H and O–H groups in total. The molecule has 1 aliphatic heterocycles. The minimum Gasteiger partial charge on any atom is -0.351 e. The molecule has 162 valence electrons. The van der Waals surface area contributed by atoms with E-state index < -0.39 is 27.2 Å². The number of sulfonamides is 1. The van der Waals surface area contributed by atoms with E-state index >= 15 is 0 Å². The van der Waals surface area contributed by atoms with E-state index in [1.54, 1.807) is 0 Å². The maximum absolute atomic E-state index is 14.1. The molecule has 1 heterocycles. The number of hydrogen-bond donors (Lipinski definition) is 1. The topological polar surface area (TPSA) is 66.5 Å². The van der Waals surface area contributed by atoms with E-state index in [-0.39, 0.29) is 22.9 Å². The second-order valence-corrected chi connectivity index (χ2v) is 10.1. The molecule has 0 unspecified atom stereocenters. The van der Waals surface area contributed by atoms with Gasteiger partial charge in [-0.25, -0.2) is 17.1 Å². The van der Waals surface area contributed by atoms with Gasteiger partial charge in [-0.3, -0.25) is 4.79 Å². The van der Waals surface area contributed by atoms with E-state index in [1.165, 1.54) is 22.5 Å². The summed E-state index contributed by atoms with van der Waals surface area (Å²) in [7, 11) is -3.27. The second-order valence-electron chi connectivity index (χ2n) is 7.64. The van der Waals surface area contributed by atoms with E-state index in [1.807, 2.05) is 37.3 Å². The molecule has 3 rings (SSSR count). The van der Waals surface area contributed by atoms with Gasteiger partial charge >= 0.3 is 0 Å². The summed E-state index contributed by atoms with van der Waals surface area (Å²) in [5.74, 6) is -1.11. The van der Waals surface area contributed by atoms with Crippen molar-refractivity contribution >= 4 is 27.5 Å². The molecule has 2 aromatic carbocycles. The predicted molar refractivity (Wildman–Crippen MR) is 117 cm³/mol. The van der Waals surface area contributed by atoms with Gasteiger partial charge in [0.1, 0.15) is 5.82 Å². The molecule has 0 saturated carbocycles. The smallest absolute Gasteiger partial charge is 0.255 e. The Balaban J connectivity index is 1.81. The van der Waals surface area contributed by atoms with Crippen LogP contribution in [0.3, 0.4) is 0 Å². The summed E-state index contributed by atoms with van der Waals surface area (Å²) in [5.41, 5.74) is 0.412. The molecule has 8 heteroatoms. The third kappa shape index (κ3) is 4.85. The molecule has 5 nitrogen and oxygen atoms in total. The summed E-state index contributed by atoms with van der Waals surface area (Å²) in [6.07, 6.45) is 1.69. The zero-order chi connectivity index (χ0) is 21.8. The highest BCUT2D eigenvalue weighted by atomic mass is 35.5. The van der Waals surface area contributed by atoms with Crippen molar-refractivity contribution in [1.82, 2.24) is 9.62 Å². The monoisotopic (exact) mass is 452 g/mol. The number of benzene rings is 2. The van der Waals surface area contributed by atoms with Gasteiger partial charge < -0.3 is 5.32 Å². The minimum atomic E-state index is -3.27. The van der Waals surface area contributed by atoms with Gasteiger partial charge in [-0.2, -0.15) is 0 Å². The number of halogens is 2. The van der Waals surface area contributed by atoms with Gasteiger partial charge in [-0.15, -0.1) is 0 Å². The number of carbonyl (C=O) groups is 1. The third-order valence-electron chi connectivity index (χ3n) is 5.70. The minimum absolute atomic E-state index is 0.0572. The number of rotatable bonds is 7. The molecule has 1 saturated heterocycles. The van der Waals surface area contributed by atoms with Crippen molar-refractivity contribution in [3.05, 3.63) is 70.5 Å². The van der Waals surface area contributed by atoms with E-state index in [4.69, 9.17) is 11.6 Å². The van der Waals surface area contributed by atoms with Crippen LogP contribution < -0.4 is 5.32 Å². The second kappa shape index (κ2) is 9.45. The highest BCUT2D eigenvalue weighted by Crippen LogP contribution is 2.36. The number of nitrogens with zero attached hydrogens (tertiary/aromatic N) is 1. The molecular formula is C22H26ClFN2O3S. The lowest BCUT2D eigenvalue weighted by Gasteiger charge is -2.42. The summed E-state index contributed by atoms with van der Waals surface area (Å²) < 4.78 is 40.6. The average Bonchev–Trinajstić information content (AvgIpc) is 2.73. The first-order valence-corrected chi connectivity index (χ1v) is 12.0. The van der Waals surface area contributed by atoms with Crippen LogP contribution in [0.1, 0.15) is 42.1 Å². The molecular weight excluding hydrogens is 427 g/mol. The van der Waals surface area contributed by atoms with Crippen molar-refractivity contribution in [1.29, 1.82) is 0 Å². The Bertz CT molecular complexity index is 970. The first-order valence-electron chi connectivity index (χ1n) is 10.0. The highest BCUT2D eigenvalue weighted by molar-refractivity contribution is 7.89. The summed E-state index contributed by atoms with van der Waals surface area (Å²) in [6, 6.07) is 13.9. The molecule has 2 aromatic rings. The molecule has 30 heavy (non-hydrogen) atoms. The van der Waals surface area contributed by atoms with Crippen LogP contribution in [-0.2, 0) is 15.4 Å². The van der Waals surface area contributed by atoms with Crippen molar-refractivity contribution in [2.45, 2.75) is 31.6 Å². The van der Waals surface area contributed by atoms with Crippen LogP contribution in [0.4, 0.5) is 4.39 Å². The summed E-state index contributed by atoms with van der Waals surface area (Å²) in [6.45, 7) is 2.88. The summed E-state index contributed by atoms with van der Waals surface area (Å²) in [5, 5.41) is 2.89. The first kappa shape index (κ1) is 22.7. The average molecular weight is 453 g/mol. The third-order valence-corrected chi connectivity index (χ3v) is 8.09. The van der Waals surface area contributed by atoms with Gasteiger partial charge in [0.15, 0.2) is 0 Å². The zero-order valence-corrected chi connectivity index (χ0v) is 18.5. The van der Waals surface area contributed by atoms with Crippen LogP contribution in [0, 0.1) is 5.82 Å². The maximum atomic E-state index is 14.1. The summed E-state index contributed by atoms with van der Waals surface area (Å²) in [4.78, 5) is 12.7. The normalized spacial score (nSPS) is 16.9. The molecule has 0 aromatic heterocycles. The Labute approximate surface area is 182 Å². The van der Waals surface area contributed by atoms with Gasteiger partial charge in [0.25, 0.3) is 5.91 Å². The molecule has 0 radical (unpaired) electrons. The fraction of sp³-hybridized carbons (Fsp3) is 0.409. The van der Waals surface area contributed by atoms with Crippen molar-refractivity contribution in [2.24, 2.45) is 0 Å². The zero-order valence-electron chi connectivity index (χ0n) is 16.9. The lowest BCUT2D eigenvalue weighted by Crippen LogP contribution is -2.50. The Kier molecular flexibility index (Phi) is 7.16. The molecule has 0 spiro atoms. The van der Waals surface area contributed by atoms with Crippen molar-refractivity contribution in [2.75, 3.05) is 25.4 Å². The Morgan fingerprint density at radius 3 is 2.40 bits per heavy atom. The number of amides is 1. The van der Waals surface area contributed by atoms with Crippen LogP contribution >= 0.6 is 11.6 Å². The van der Waals surface area contributed by atoms with Gasteiger partial charge in [0.05, 0.1) is 16.3 Å². The Morgan fingerprint density at radius 2 is 1.80 bits per heavy atom. The lowest BCUT2D eigenvalue weighted by molar-refractivity contribution is 0.0929. The van der Waals surface area contributed by atoms with E-state index in [0.717, 1.165) is 5.56 Å².